The molecule has 1 N–H and O–H groups in total. The van der Waals surface area contributed by atoms with Gasteiger partial charge in [0, 0.05) is 11.6 Å². The van der Waals surface area contributed by atoms with Crippen molar-refractivity contribution in [1.82, 2.24) is 4.72 Å². The molecule has 0 bridgehead atoms. The molecule has 0 saturated carbocycles. The summed E-state index contributed by atoms with van der Waals surface area (Å²) >= 11 is 0. The lowest BCUT2D eigenvalue weighted by molar-refractivity contribution is -0.385. The monoisotopic (exact) mass is 242 g/mol. The fourth-order valence-corrected chi connectivity index (χ4v) is 2.74. The maximum Gasteiger partial charge on any atom is 0.273 e. The number of carbonyl (C=O) groups is 1. The molecule has 8 heteroatoms. The highest BCUT2D eigenvalue weighted by Crippen LogP contribution is 2.29. The molecule has 0 unspecified atom stereocenters. The lowest BCUT2D eigenvalue weighted by Crippen LogP contribution is -2.20. The van der Waals surface area contributed by atoms with Crippen molar-refractivity contribution < 1.29 is 18.1 Å². The Balaban J connectivity index is 2.80. The number of sulfonamides is 1. The number of nitro groups is 1. The molecule has 1 aliphatic heterocycles. The Labute approximate surface area is 90.3 Å². The van der Waals surface area contributed by atoms with Crippen LogP contribution in [0.5, 0.6) is 0 Å². The van der Waals surface area contributed by atoms with Crippen LogP contribution in [0.4, 0.5) is 5.69 Å². The van der Waals surface area contributed by atoms with Gasteiger partial charge in [-0.3, -0.25) is 14.9 Å². The summed E-state index contributed by atoms with van der Waals surface area (Å²) in [5.41, 5.74) is -0.257. The summed E-state index contributed by atoms with van der Waals surface area (Å²) in [4.78, 5) is 21.0. The van der Waals surface area contributed by atoms with E-state index < -0.39 is 20.9 Å². The highest BCUT2D eigenvalue weighted by Gasteiger charge is 2.34. The molecule has 1 heterocycles. The Morgan fingerprint density at radius 2 is 2.00 bits per heavy atom. The van der Waals surface area contributed by atoms with Crippen molar-refractivity contribution in [1.29, 1.82) is 0 Å². The van der Waals surface area contributed by atoms with Gasteiger partial charge in [0.1, 0.15) is 4.90 Å². The lowest BCUT2D eigenvalue weighted by Gasteiger charge is -1.99. The SMILES string of the molecule is Cc1cc2c(cc1[N+](=O)[O-])C(=O)NS2(=O)=O. The minimum atomic E-state index is -3.84. The number of carbonyl (C=O) groups excluding carboxylic acids is 1. The molecule has 84 valence electrons. The van der Waals surface area contributed by atoms with E-state index in [1.807, 2.05) is 0 Å². The van der Waals surface area contributed by atoms with E-state index in [2.05, 4.69) is 0 Å². The Morgan fingerprint density at radius 3 is 2.56 bits per heavy atom. The van der Waals surface area contributed by atoms with Crippen LogP contribution < -0.4 is 4.72 Å². The fourth-order valence-electron chi connectivity index (χ4n) is 1.50. The van der Waals surface area contributed by atoms with Gasteiger partial charge in [0.05, 0.1) is 10.5 Å². The number of fused-ring (bicyclic) bond motifs is 1. The summed E-state index contributed by atoms with van der Waals surface area (Å²) in [6.45, 7) is 1.41. The van der Waals surface area contributed by atoms with E-state index in [1.165, 1.54) is 6.92 Å². The van der Waals surface area contributed by atoms with Crippen molar-refractivity contribution in [2.75, 3.05) is 0 Å². The van der Waals surface area contributed by atoms with E-state index in [0.29, 0.717) is 0 Å². The Hall–Kier alpha value is -1.96. The molecular formula is C8H6N2O5S. The molecule has 2 rings (SSSR count). The van der Waals surface area contributed by atoms with Crippen molar-refractivity contribution in [3.8, 4) is 0 Å². The lowest BCUT2D eigenvalue weighted by atomic mass is 10.1. The van der Waals surface area contributed by atoms with Crippen LogP contribution in [0, 0.1) is 17.0 Å². The number of nitrogens with zero attached hydrogens (tertiary/aromatic N) is 1. The van der Waals surface area contributed by atoms with Crippen molar-refractivity contribution in [3.63, 3.8) is 0 Å². The summed E-state index contributed by atoms with van der Waals surface area (Å²) < 4.78 is 24.6. The minimum absolute atomic E-state index is 0.183. The van der Waals surface area contributed by atoms with Gasteiger partial charge < -0.3 is 0 Å². The average molecular weight is 242 g/mol. The van der Waals surface area contributed by atoms with Crippen LogP contribution in [0.2, 0.25) is 0 Å². The van der Waals surface area contributed by atoms with Crippen molar-refractivity contribution >= 4 is 21.6 Å². The number of hydrogen-bond donors (Lipinski definition) is 1. The smallest absolute Gasteiger partial charge is 0.268 e. The van der Waals surface area contributed by atoms with E-state index in [1.54, 1.807) is 4.72 Å². The number of benzene rings is 1. The molecule has 0 radical (unpaired) electrons. The molecule has 1 aliphatic rings. The minimum Gasteiger partial charge on any atom is -0.268 e. The highest BCUT2D eigenvalue weighted by molar-refractivity contribution is 7.90. The molecule has 0 aromatic heterocycles. The van der Waals surface area contributed by atoms with Crippen LogP contribution >= 0.6 is 0 Å². The first-order valence-corrected chi connectivity index (χ1v) is 5.67. The fraction of sp³-hybridized carbons (Fsp3) is 0.125. The van der Waals surface area contributed by atoms with E-state index in [4.69, 9.17) is 0 Å². The molecule has 1 aromatic carbocycles. The number of rotatable bonds is 1. The van der Waals surface area contributed by atoms with Gasteiger partial charge in [0.15, 0.2) is 0 Å². The number of amides is 1. The Kier molecular flexibility index (Phi) is 1.99. The predicted octanol–water partition coefficient (Wildman–Crippen LogP) is 0.335. The Bertz CT molecular complexity index is 620. The van der Waals surface area contributed by atoms with Gasteiger partial charge in [-0.15, -0.1) is 0 Å². The van der Waals surface area contributed by atoms with Gasteiger partial charge in [-0.25, -0.2) is 13.1 Å². The zero-order valence-corrected chi connectivity index (χ0v) is 8.87. The van der Waals surface area contributed by atoms with E-state index in [-0.39, 0.29) is 21.7 Å². The van der Waals surface area contributed by atoms with Gasteiger partial charge in [0.25, 0.3) is 21.6 Å². The van der Waals surface area contributed by atoms with Gasteiger partial charge in [-0.1, -0.05) is 0 Å². The quantitative estimate of drug-likeness (QED) is 0.564. The summed E-state index contributed by atoms with van der Waals surface area (Å²) in [5, 5.41) is 10.6. The van der Waals surface area contributed by atoms with Crippen LogP contribution in [0.25, 0.3) is 0 Å². The van der Waals surface area contributed by atoms with Gasteiger partial charge >= 0.3 is 0 Å². The molecular weight excluding hydrogens is 236 g/mol. The largest absolute Gasteiger partial charge is 0.273 e. The highest BCUT2D eigenvalue weighted by atomic mass is 32.2. The molecule has 1 aromatic rings. The zero-order chi connectivity index (χ0) is 12.1. The maximum atomic E-state index is 11.4. The predicted molar refractivity (Wildman–Crippen MR) is 52.5 cm³/mol. The molecule has 1 amide bonds. The first-order valence-electron chi connectivity index (χ1n) is 4.19. The third-order valence-corrected chi connectivity index (χ3v) is 3.63. The number of hydrogen-bond acceptors (Lipinski definition) is 5. The number of nitro benzene ring substituents is 1. The molecule has 0 atom stereocenters. The van der Waals surface area contributed by atoms with Gasteiger partial charge in [-0.2, -0.15) is 0 Å². The molecule has 0 aliphatic carbocycles. The summed E-state index contributed by atoms with van der Waals surface area (Å²) in [5.74, 6) is -0.835. The van der Waals surface area contributed by atoms with Gasteiger partial charge in [0.2, 0.25) is 0 Å². The molecule has 7 nitrogen and oxygen atoms in total. The summed E-state index contributed by atoms with van der Waals surface area (Å²) in [7, 11) is -3.84. The standard InChI is InChI=1S/C8H6N2O5S/c1-4-2-7-5(3-6(4)10(12)13)8(11)9-16(7,14)15/h2-3H,1H3,(H,9,11). The molecule has 0 fully saturated rings. The maximum absolute atomic E-state index is 11.4. The Morgan fingerprint density at radius 1 is 1.38 bits per heavy atom. The molecule has 0 saturated heterocycles. The van der Waals surface area contributed by atoms with Crippen molar-refractivity contribution in [2.24, 2.45) is 0 Å². The normalized spacial score (nSPS) is 16.7. The van der Waals surface area contributed by atoms with Gasteiger partial charge in [-0.05, 0) is 13.0 Å². The van der Waals surface area contributed by atoms with Crippen LogP contribution in [0.3, 0.4) is 0 Å². The average Bonchev–Trinajstić information content (AvgIpc) is 2.36. The summed E-state index contributed by atoms with van der Waals surface area (Å²) in [6, 6.07) is 2.10. The second-order valence-electron chi connectivity index (χ2n) is 3.33. The number of aryl methyl sites for hydroxylation is 1. The van der Waals surface area contributed by atoms with E-state index in [9.17, 15) is 23.3 Å². The van der Waals surface area contributed by atoms with Crippen LogP contribution in [0.15, 0.2) is 17.0 Å². The first-order chi connectivity index (χ1) is 7.33. The van der Waals surface area contributed by atoms with Crippen LogP contribution in [-0.2, 0) is 10.0 Å². The second kappa shape index (κ2) is 3.01. The third-order valence-electron chi connectivity index (χ3n) is 2.26. The third kappa shape index (κ3) is 1.34. The first kappa shape index (κ1) is 10.6. The zero-order valence-electron chi connectivity index (χ0n) is 8.05. The van der Waals surface area contributed by atoms with E-state index >= 15 is 0 Å². The number of nitrogens with one attached hydrogen (secondary N) is 1. The van der Waals surface area contributed by atoms with Crippen molar-refractivity contribution in [2.45, 2.75) is 11.8 Å². The summed E-state index contributed by atoms with van der Waals surface area (Å²) in [6.07, 6.45) is 0. The topological polar surface area (TPSA) is 106 Å². The molecule has 0 spiro atoms. The van der Waals surface area contributed by atoms with Crippen LogP contribution in [-0.4, -0.2) is 19.2 Å². The van der Waals surface area contributed by atoms with Crippen molar-refractivity contribution in [3.05, 3.63) is 33.4 Å². The second-order valence-corrected chi connectivity index (χ2v) is 4.98. The van der Waals surface area contributed by atoms with Crippen LogP contribution in [0.1, 0.15) is 15.9 Å². The van der Waals surface area contributed by atoms with E-state index in [0.717, 1.165) is 12.1 Å². The molecule has 16 heavy (non-hydrogen) atoms.